The van der Waals surface area contributed by atoms with Crippen molar-refractivity contribution in [1.29, 1.82) is 0 Å². The SMILES string of the molecule is CC1(CCNS(C)(=O)=O)CC(N)=CC=C1N.O=S(=O)(O)O. The van der Waals surface area contributed by atoms with E-state index >= 15 is 0 Å². The van der Waals surface area contributed by atoms with Crippen LogP contribution in [0.1, 0.15) is 19.8 Å². The number of sulfonamides is 1. The Labute approximate surface area is 124 Å². The van der Waals surface area contributed by atoms with Gasteiger partial charge in [-0.05, 0) is 25.0 Å². The Morgan fingerprint density at radius 1 is 1.24 bits per heavy atom. The van der Waals surface area contributed by atoms with Gasteiger partial charge in [0.15, 0.2) is 0 Å². The van der Waals surface area contributed by atoms with E-state index in [1.54, 1.807) is 12.2 Å². The molecule has 0 spiro atoms. The molecule has 0 bridgehead atoms. The van der Waals surface area contributed by atoms with E-state index < -0.39 is 20.4 Å². The van der Waals surface area contributed by atoms with Gasteiger partial charge in [-0.3, -0.25) is 9.11 Å². The lowest BCUT2D eigenvalue weighted by molar-refractivity contribution is 0.352. The van der Waals surface area contributed by atoms with E-state index in [1.807, 2.05) is 6.92 Å². The first-order valence-electron chi connectivity index (χ1n) is 5.80. The summed E-state index contributed by atoms with van der Waals surface area (Å²) >= 11 is 0. The van der Waals surface area contributed by atoms with Crippen molar-refractivity contribution in [1.82, 2.24) is 4.72 Å². The van der Waals surface area contributed by atoms with Gasteiger partial charge in [-0.15, -0.1) is 0 Å². The van der Waals surface area contributed by atoms with Gasteiger partial charge in [0, 0.05) is 23.4 Å². The third-order valence-corrected chi connectivity index (χ3v) is 3.54. The van der Waals surface area contributed by atoms with Crippen molar-refractivity contribution in [3.05, 3.63) is 23.5 Å². The van der Waals surface area contributed by atoms with E-state index in [0.29, 0.717) is 19.4 Å². The van der Waals surface area contributed by atoms with Crippen LogP contribution in [-0.4, -0.2) is 38.7 Å². The van der Waals surface area contributed by atoms with Crippen molar-refractivity contribution in [2.24, 2.45) is 16.9 Å². The Kier molecular flexibility index (Phi) is 6.83. The molecule has 21 heavy (non-hydrogen) atoms. The molecule has 0 saturated carbocycles. The van der Waals surface area contributed by atoms with E-state index in [2.05, 4.69) is 4.72 Å². The van der Waals surface area contributed by atoms with Gasteiger partial charge >= 0.3 is 10.4 Å². The first kappa shape index (κ1) is 19.9. The number of nitrogens with two attached hydrogens (primary N) is 2. The monoisotopic (exact) mass is 343 g/mol. The third kappa shape index (κ3) is 10.3. The molecule has 1 rings (SSSR count). The number of nitrogens with one attached hydrogen (secondary N) is 1. The summed E-state index contributed by atoms with van der Waals surface area (Å²) in [4.78, 5) is 0. The quantitative estimate of drug-likeness (QED) is 0.419. The molecule has 0 aromatic heterocycles. The summed E-state index contributed by atoms with van der Waals surface area (Å²) < 4.78 is 55.9. The molecular formula is C10H21N3O6S2. The minimum atomic E-state index is -4.67. The Bertz CT molecular complexity index is 615. The highest BCUT2D eigenvalue weighted by atomic mass is 32.3. The highest BCUT2D eigenvalue weighted by Crippen LogP contribution is 2.36. The van der Waals surface area contributed by atoms with Crippen LogP contribution in [0.5, 0.6) is 0 Å². The normalized spacial score (nSPS) is 22.7. The molecular weight excluding hydrogens is 322 g/mol. The maximum absolute atomic E-state index is 10.9. The minimum absolute atomic E-state index is 0.253. The molecule has 0 heterocycles. The van der Waals surface area contributed by atoms with Crippen molar-refractivity contribution in [3.8, 4) is 0 Å². The fourth-order valence-corrected chi connectivity index (χ4v) is 2.23. The Balaban J connectivity index is 0.000000690. The van der Waals surface area contributed by atoms with Crippen LogP contribution in [0.3, 0.4) is 0 Å². The Morgan fingerprint density at radius 3 is 2.14 bits per heavy atom. The maximum atomic E-state index is 10.9. The maximum Gasteiger partial charge on any atom is 0.394 e. The number of hydrogen-bond donors (Lipinski definition) is 5. The van der Waals surface area contributed by atoms with Crippen molar-refractivity contribution >= 4 is 20.4 Å². The predicted molar refractivity (Wildman–Crippen MR) is 78.9 cm³/mol. The second-order valence-corrected chi connectivity index (χ2v) is 7.69. The highest BCUT2D eigenvalue weighted by Gasteiger charge is 2.29. The van der Waals surface area contributed by atoms with Crippen LogP contribution in [-0.2, 0) is 20.4 Å². The largest absolute Gasteiger partial charge is 0.402 e. The molecule has 9 nitrogen and oxygen atoms in total. The molecule has 0 saturated heterocycles. The van der Waals surface area contributed by atoms with Crippen LogP contribution in [0.4, 0.5) is 0 Å². The fraction of sp³-hybridized carbons (Fsp3) is 0.600. The number of rotatable bonds is 4. The zero-order valence-electron chi connectivity index (χ0n) is 11.8. The lowest BCUT2D eigenvalue weighted by Crippen LogP contribution is -2.34. The van der Waals surface area contributed by atoms with Gasteiger partial charge in [-0.25, -0.2) is 13.1 Å². The zero-order chi connectivity index (χ0) is 16.9. The predicted octanol–water partition coefficient (Wildman–Crippen LogP) is -0.632. The van der Waals surface area contributed by atoms with Gasteiger partial charge in [-0.1, -0.05) is 6.92 Å². The Hall–Kier alpha value is -1.14. The van der Waals surface area contributed by atoms with E-state index in [1.165, 1.54) is 0 Å². The van der Waals surface area contributed by atoms with Crippen LogP contribution < -0.4 is 16.2 Å². The summed E-state index contributed by atoms with van der Waals surface area (Å²) in [5.41, 5.74) is 12.9. The molecule has 0 radical (unpaired) electrons. The molecule has 11 heteroatoms. The zero-order valence-corrected chi connectivity index (χ0v) is 13.4. The second-order valence-electron chi connectivity index (χ2n) is 4.97. The number of hydrogen-bond acceptors (Lipinski definition) is 6. The van der Waals surface area contributed by atoms with Gasteiger partial charge < -0.3 is 11.5 Å². The molecule has 0 aliphatic heterocycles. The lowest BCUT2D eigenvalue weighted by Gasteiger charge is -2.32. The minimum Gasteiger partial charge on any atom is -0.402 e. The van der Waals surface area contributed by atoms with Crippen LogP contribution in [0.25, 0.3) is 0 Å². The van der Waals surface area contributed by atoms with Crippen molar-refractivity contribution in [3.63, 3.8) is 0 Å². The van der Waals surface area contributed by atoms with E-state index in [4.69, 9.17) is 29.0 Å². The second kappa shape index (κ2) is 7.22. The van der Waals surface area contributed by atoms with Gasteiger partial charge in [0.05, 0.1) is 6.26 Å². The van der Waals surface area contributed by atoms with Crippen LogP contribution in [0.15, 0.2) is 23.5 Å². The highest BCUT2D eigenvalue weighted by molar-refractivity contribution is 7.88. The van der Waals surface area contributed by atoms with Crippen LogP contribution >= 0.6 is 0 Å². The summed E-state index contributed by atoms with van der Waals surface area (Å²) in [6.07, 6.45) is 6.03. The number of allylic oxidation sites excluding steroid dienone is 4. The molecule has 1 atom stereocenters. The van der Waals surface area contributed by atoms with Gasteiger partial charge in [0.1, 0.15) is 0 Å². The summed E-state index contributed by atoms with van der Waals surface area (Å²) in [6.45, 7) is 2.36. The van der Waals surface area contributed by atoms with Crippen molar-refractivity contribution in [2.45, 2.75) is 19.8 Å². The lowest BCUT2D eigenvalue weighted by atomic mass is 9.77. The van der Waals surface area contributed by atoms with Gasteiger partial charge in [-0.2, -0.15) is 8.42 Å². The standard InChI is InChI=1S/C10H19N3O2S.H2O4S/c1-10(5-6-13-16(2,14)15)7-8(11)3-4-9(10)12;1-5(2,3)4/h3-4,13H,5-7,11-12H2,1-2H3;(H2,1,2,3,4). The van der Waals surface area contributed by atoms with E-state index in [0.717, 1.165) is 17.6 Å². The average molecular weight is 343 g/mol. The van der Waals surface area contributed by atoms with E-state index in [-0.39, 0.29) is 5.41 Å². The molecule has 1 unspecified atom stereocenters. The van der Waals surface area contributed by atoms with E-state index in [9.17, 15) is 8.42 Å². The molecule has 0 fully saturated rings. The smallest absolute Gasteiger partial charge is 0.394 e. The Morgan fingerprint density at radius 2 is 1.71 bits per heavy atom. The molecule has 0 aromatic carbocycles. The van der Waals surface area contributed by atoms with Crippen LogP contribution in [0.2, 0.25) is 0 Å². The topological polar surface area (TPSA) is 173 Å². The van der Waals surface area contributed by atoms with Gasteiger partial charge in [0.25, 0.3) is 0 Å². The molecule has 0 aromatic rings. The molecule has 1 aliphatic rings. The summed E-state index contributed by atoms with van der Waals surface area (Å²) in [5.74, 6) is 0. The molecule has 124 valence electrons. The summed E-state index contributed by atoms with van der Waals surface area (Å²) in [6, 6.07) is 0. The molecule has 0 amide bonds. The van der Waals surface area contributed by atoms with Crippen molar-refractivity contribution in [2.75, 3.05) is 12.8 Å². The summed E-state index contributed by atoms with van der Waals surface area (Å²) in [7, 11) is -7.81. The first-order valence-corrected chi connectivity index (χ1v) is 9.08. The summed E-state index contributed by atoms with van der Waals surface area (Å²) in [5, 5.41) is 0. The fourth-order valence-electron chi connectivity index (χ4n) is 1.75. The molecule has 1 aliphatic carbocycles. The van der Waals surface area contributed by atoms with Gasteiger partial charge in [0.2, 0.25) is 10.0 Å². The third-order valence-electron chi connectivity index (χ3n) is 2.81. The van der Waals surface area contributed by atoms with Crippen molar-refractivity contribution < 1.29 is 25.9 Å². The first-order chi connectivity index (χ1) is 9.23. The molecule has 7 N–H and O–H groups in total. The average Bonchev–Trinajstić information content (AvgIpc) is 2.19. The van der Waals surface area contributed by atoms with Crippen LogP contribution in [0, 0.1) is 5.41 Å².